The normalized spacial score (nSPS) is 11.8. The van der Waals surface area contributed by atoms with Gasteiger partial charge in [-0.25, -0.2) is 8.42 Å². The molecular weight excluding hydrogens is 334 g/mol. The first-order chi connectivity index (χ1) is 11.8. The lowest BCUT2D eigenvalue weighted by Gasteiger charge is -2.13. The van der Waals surface area contributed by atoms with E-state index in [1.165, 1.54) is 6.20 Å². The van der Waals surface area contributed by atoms with Crippen molar-refractivity contribution >= 4 is 20.7 Å². The average molecular weight is 355 g/mol. The van der Waals surface area contributed by atoms with E-state index in [9.17, 15) is 13.2 Å². The first kappa shape index (κ1) is 17.4. The van der Waals surface area contributed by atoms with Crippen LogP contribution in [-0.4, -0.2) is 13.0 Å². The van der Waals surface area contributed by atoms with Crippen LogP contribution in [0.2, 0.25) is 0 Å². The molecule has 0 saturated heterocycles. The van der Waals surface area contributed by atoms with Gasteiger partial charge in [-0.2, -0.15) is 0 Å². The fraction of sp³-hybridized carbons (Fsp3) is 0.250. The Morgan fingerprint density at radius 3 is 2.24 bits per heavy atom. The third-order valence-electron chi connectivity index (χ3n) is 4.29. The largest absolute Gasteiger partial charge is 0.346 e. The van der Waals surface area contributed by atoms with E-state index in [0.717, 1.165) is 23.1 Å². The number of nitrogens with zero attached hydrogens (tertiary/aromatic N) is 1. The third kappa shape index (κ3) is 3.12. The number of sulfone groups is 1. The molecule has 0 aliphatic carbocycles. The summed E-state index contributed by atoms with van der Waals surface area (Å²) >= 11 is 0. The van der Waals surface area contributed by atoms with Crippen LogP contribution in [0.3, 0.4) is 0 Å². The molecule has 0 bridgehead atoms. The van der Waals surface area contributed by atoms with Gasteiger partial charge >= 0.3 is 0 Å². The first-order valence-electron chi connectivity index (χ1n) is 8.30. The number of fused-ring (bicyclic) bond motifs is 1. The van der Waals surface area contributed by atoms with Crippen molar-refractivity contribution in [3.8, 4) is 0 Å². The molecule has 0 aliphatic rings. The summed E-state index contributed by atoms with van der Waals surface area (Å²) in [4.78, 5) is 12.9. The van der Waals surface area contributed by atoms with Gasteiger partial charge in [0.25, 0.3) is 0 Å². The zero-order valence-electron chi connectivity index (χ0n) is 14.6. The molecule has 0 amide bonds. The molecule has 0 N–H and O–H groups in total. The van der Waals surface area contributed by atoms with Gasteiger partial charge in [0, 0.05) is 18.1 Å². The van der Waals surface area contributed by atoms with Crippen LogP contribution in [0.1, 0.15) is 24.5 Å². The lowest BCUT2D eigenvalue weighted by atomic mass is 10.1. The topological polar surface area (TPSA) is 56.1 Å². The summed E-state index contributed by atoms with van der Waals surface area (Å²) in [6, 6.07) is 12.2. The summed E-state index contributed by atoms with van der Waals surface area (Å²) in [5, 5.41) is 0.446. The van der Waals surface area contributed by atoms with Gasteiger partial charge in [-0.3, -0.25) is 4.79 Å². The Labute approximate surface area is 147 Å². The van der Waals surface area contributed by atoms with E-state index in [1.54, 1.807) is 30.3 Å². The van der Waals surface area contributed by atoms with Gasteiger partial charge in [-0.05, 0) is 44.5 Å². The molecule has 0 saturated carbocycles. The van der Waals surface area contributed by atoms with E-state index in [1.807, 2.05) is 37.5 Å². The third-order valence-corrected chi connectivity index (χ3v) is 6.05. The highest BCUT2D eigenvalue weighted by molar-refractivity contribution is 7.91. The Kier molecular flexibility index (Phi) is 4.52. The highest BCUT2D eigenvalue weighted by Crippen LogP contribution is 2.22. The molecule has 1 heterocycles. The lowest BCUT2D eigenvalue weighted by Crippen LogP contribution is -2.19. The minimum absolute atomic E-state index is 0.144. The molecule has 0 radical (unpaired) electrons. The number of rotatable bonds is 4. The van der Waals surface area contributed by atoms with Crippen molar-refractivity contribution in [3.63, 3.8) is 0 Å². The van der Waals surface area contributed by atoms with Crippen molar-refractivity contribution in [2.75, 3.05) is 0 Å². The Balaban J connectivity index is 2.34. The van der Waals surface area contributed by atoms with Crippen molar-refractivity contribution in [1.82, 2.24) is 4.57 Å². The van der Waals surface area contributed by atoms with E-state index in [4.69, 9.17) is 0 Å². The molecule has 3 aromatic rings. The van der Waals surface area contributed by atoms with E-state index >= 15 is 0 Å². The van der Waals surface area contributed by atoms with Crippen LogP contribution < -0.4 is 5.43 Å². The molecular formula is C20H21NO3S. The van der Waals surface area contributed by atoms with Crippen molar-refractivity contribution in [2.45, 2.75) is 43.5 Å². The van der Waals surface area contributed by atoms with Crippen LogP contribution in [0.25, 0.3) is 10.9 Å². The van der Waals surface area contributed by atoms with Crippen molar-refractivity contribution in [2.24, 2.45) is 0 Å². The number of aryl methyl sites for hydroxylation is 3. The Morgan fingerprint density at radius 1 is 0.960 bits per heavy atom. The zero-order chi connectivity index (χ0) is 18.2. The molecule has 0 fully saturated rings. The maximum absolute atomic E-state index is 13.0. The number of pyridine rings is 1. The fourth-order valence-corrected chi connectivity index (χ4v) is 4.31. The molecule has 130 valence electrons. The van der Waals surface area contributed by atoms with Gasteiger partial charge < -0.3 is 4.57 Å². The van der Waals surface area contributed by atoms with Crippen molar-refractivity contribution in [1.29, 1.82) is 0 Å². The number of hydrogen-bond donors (Lipinski definition) is 0. The quantitative estimate of drug-likeness (QED) is 0.714. The summed E-state index contributed by atoms with van der Waals surface area (Å²) in [6.07, 6.45) is 2.33. The van der Waals surface area contributed by atoms with E-state index < -0.39 is 15.3 Å². The van der Waals surface area contributed by atoms with Gasteiger partial charge in [-0.1, -0.05) is 36.2 Å². The predicted molar refractivity (Wildman–Crippen MR) is 99.9 cm³/mol. The number of aromatic nitrogens is 1. The summed E-state index contributed by atoms with van der Waals surface area (Å²) in [6.45, 7) is 6.45. The van der Waals surface area contributed by atoms with Crippen LogP contribution in [0.5, 0.6) is 0 Å². The van der Waals surface area contributed by atoms with Crippen LogP contribution >= 0.6 is 0 Å². The molecule has 5 heteroatoms. The molecule has 25 heavy (non-hydrogen) atoms. The van der Waals surface area contributed by atoms with Crippen LogP contribution in [-0.2, 0) is 16.4 Å². The molecule has 1 aromatic heterocycles. The monoisotopic (exact) mass is 355 g/mol. The summed E-state index contributed by atoms with van der Waals surface area (Å²) in [5.41, 5.74) is 2.22. The smallest absolute Gasteiger partial charge is 0.211 e. The zero-order valence-corrected chi connectivity index (χ0v) is 15.4. The van der Waals surface area contributed by atoms with E-state index in [0.29, 0.717) is 11.9 Å². The molecule has 0 aliphatic heterocycles. The van der Waals surface area contributed by atoms with E-state index in [2.05, 4.69) is 0 Å². The highest BCUT2D eigenvalue weighted by Gasteiger charge is 2.23. The van der Waals surface area contributed by atoms with Gasteiger partial charge in [-0.15, -0.1) is 0 Å². The Morgan fingerprint density at radius 2 is 1.60 bits per heavy atom. The molecule has 0 spiro atoms. The first-order valence-corrected chi connectivity index (χ1v) is 9.78. The number of benzene rings is 2. The van der Waals surface area contributed by atoms with Crippen LogP contribution in [0.15, 0.2) is 63.2 Å². The number of hydrogen-bond acceptors (Lipinski definition) is 3. The molecule has 3 rings (SSSR count). The predicted octanol–water partition coefficient (Wildman–Crippen LogP) is 3.86. The van der Waals surface area contributed by atoms with Crippen LogP contribution in [0, 0.1) is 13.8 Å². The fourth-order valence-electron chi connectivity index (χ4n) is 2.95. The van der Waals surface area contributed by atoms with Gasteiger partial charge in [0.1, 0.15) is 4.90 Å². The van der Waals surface area contributed by atoms with E-state index in [-0.39, 0.29) is 9.79 Å². The van der Waals surface area contributed by atoms with Crippen molar-refractivity contribution in [3.05, 3.63) is 70.0 Å². The average Bonchev–Trinajstić information content (AvgIpc) is 2.58. The lowest BCUT2D eigenvalue weighted by molar-refractivity contribution is 0.592. The highest BCUT2D eigenvalue weighted by atomic mass is 32.2. The second-order valence-electron chi connectivity index (χ2n) is 6.35. The standard InChI is InChI=1S/C20H21NO3S/c1-4-11-21-13-19(20(22)17-12-15(3)7-10-18(17)21)25(23,24)16-8-5-14(2)6-9-16/h5-10,12-13H,4,11H2,1-3H3. The summed E-state index contributed by atoms with van der Waals surface area (Å²) < 4.78 is 27.9. The summed E-state index contributed by atoms with van der Waals surface area (Å²) in [7, 11) is -3.86. The maximum atomic E-state index is 13.0. The molecule has 0 atom stereocenters. The molecule has 2 aromatic carbocycles. The molecule has 4 nitrogen and oxygen atoms in total. The minimum Gasteiger partial charge on any atom is -0.346 e. The van der Waals surface area contributed by atoms with Gasteiger partial charge in [0.2, 0.25) is 15.3 Å². The maximum Gasteiger partial charge on any atom is 0.211 e. The van der Waals surface area contributed by atoms with Crippen LogP contribution in [0.4, 0.5) is 0 Å². The van der Waals surface area contributed by atoms with Gasteiger partial charge in [0.05, 0.1) is 10.4 Å². The SMILES string of the molecule is CCCn1cc(S(=O)(=O)c2ccc(C)cc2)c(=O)c2cc(C)ccc21. The molecule has 0 unspecified atom stereocenters. The second kappa shape index (κ2) is 6.48. The van der Waals surface area contributed by atoms with Gasteiger partial charge in [0.15, 0.2) is 0 Å². The summed E-state index contributed by atoms with van der Waals surface area (Å²) in [5.74, 6) is 0. The Bertz CT molecular complexity index is 1090. The minimum atomic E-state index is -3.86. The second-order valence-corrected chi connectivity index (χ2v) is 8.27. The van der Waals surface area contributed by atoms with Crippen molar-refractivity contribution < 1.29 is 8.42 Å². The Hall–Kier alpha value is -2.40.